The molecular formula is C17H21BrF2N4O3S. The fraction of sp³-hybridized carbons (Fsp3) is 0.471. The third kappa shape index (κ3) is 6.26. The van der Waals surface area contributed by atoms with Crippen molar-refractivity contribution in [2.75, 3.05) is 6.54 Å². The van der Waals surface area contributed by atoms with Crippen LogP contribution in [-0.2, 0) is 17.8 Å². The third-order valence-corrected chi connectivity index (χ3v) is 5.28. The molecule has 0 radical (unpaired) electrons. The van der Waals surface area contributed by atoms with Crippen molar-refractivity contribution in [1.29, 1.82) is 0 Å². The van der Waals surface area contributed by atoms with Crippen LogP contribution in [0.2, 0.25) is 0 Å². The molecule has 0 aliphatic rings. The lowest BCUT2D eigenvalue weighted by Gasteiger charge is -2.19. The molecule has 0 saturated heterocycles. The fourth-order valence-corrected chi connectivity index (χ4v) is 4.06. The van der Waals surface area contributed by atoms with E-state index in [1.54, 1.807) is 20.8 Å². The zero-order chi connectivity index (χ0) is 21.1. The monoisotopic (exact) mass is 478 g/mol. The summed E-state index contributed by atoms with van der Waals surface area (Å²) in [6.45, 7) is 6.34. The number of alkyl carbamates (subject to hydrolysis) is 1. The molecule has 2 aromatic heterocycles. The highest BCUT2D eigenvalue weighted by atomic mass is 79.9. The summed E-state index contributed by atoms with van der Waals surface area (Å²) in [5.74, 6) is 0. The predicted octanol–water partition coefficient (Wildman–Crippen LogP) is 3.90. The number of carbonyl (C=O) groups excluding carboxylic acids is 1. The Labute approximate surface area is 173 Å². The van der Waals surface area contributed by atoms with Crippen molar-refractivity contribution in [3.63, 3.8) is 0 Å². The van der Waals surface area contributed by atoms with Crippen LogP contribution in [0.3, 0.4) is 0 Å². The Hall–Kier alpha value is -2.01. The van der Waals surface area contributed by atoms with Crippen LogP contribution in [0.5, 0.6) is 0 Å². The van der Waals surface area contributed by atoms with Gasteiger partial charge < -0.3 is 10.1 Å². The summed E-state index contributed by atoms with van der Waals surface area (Å²) < 4.78 is 34.7. The number of carbonyl (C=O) groups is 1. The number of hydrogen-bond donors (Lipinski definition) is 1. The van der Waals surface area contributed by atoms with E-state index in [2.05, 4.69) is 26.3 Å². The maximum absolute atomic E-state index is 13.2. The van der Waals surface area contributed by atoms with Gasteiger partial charge in [0.1, 0.15) is 11.9 Å². The highest BCUT2D eigenvalue weighted by molar-refractivity contribution is 9.11. The number of halogens is 3. The van der Waals surface area contributed by atoms with E-state index in [0.717, 1.165) is 18.9 Å². The second kappa shape index (κ2) is 8.99. The first-order valence-corrected chi connectivity index (χ1v) is 9.94. The number of amides is 1. The van der Waals surface area contributed by atoms with Crippen molar-refractivity contribution in [3.05, 3.63) is 48.8 Å². The van der Waals surface area contributed by atoms with E-state index in [-0.39, 0.29) is 0 Å². The van der Waals surface area contributed by atoms with Gasteiger partial charge in [-0.15, -0.1) is 11.3 Å². The van der Waals surface area contributed by atoms with Gasteiger partial charge >= 0.3 is 11.8 Å². The van der Waals surface area contributed by atoms with E-state index >= 15 is 0 Å². The second-order valence-electron chi connectivity index (χ2n) is 7.08. The molecule has 0 aliphatic carbocycles. The molecule has 2 rings (SSSR count). The zero-order valence-electron chi connectivity index (χ0n) is 15.9. The summed E-state index contributed by atoms with van der Waals surface area (Å²) in [6, 6.07) is 1.94. The summed E-state index contributed by atoms with van der Waals surface area (Å²) in [7, 11) is 0. The molecule has 1 amide bonds. The molecule has 0 unspecified atom stereocenters. The molecule has 154 valence electrons. The van der Waals surface area contributed by atoms with Gasteiger partial charge in [0, 0.05) is 17.0 Å². The topological polar surface area (TPSA) is 78.2 Å². The fourth-order valence-electron chi connectivity index (χ4n) is 2.23. The average Bonchev–Trinajstić information content (AvgIpc) is 3.05. The molecule has 0 aliphatic heterocycles. The molecule has 0 aromatic carbocycles. The van der Waals surface area contributed by atoms with Crippen LogP contribution < -0.4 is 11.0 Å². The van der Waals surface area contributed by atoms with Crippen molar-refractivity contribution in [2.24, 2.45) is 0 Å². The van der Waals surface area contributed by atoms with Crippen molar-refractivity contribution in [1.82, 2.24) is 19.7 Å². The van der Waals surface area contributed by atoms with E-state index < -0.39 is 42.1 Å². The van der Waals surface area contributed by atoms with E-state index in [1.807, 2.05) is 13.0 Å². The van der Waals surface area contributed by atoms with Crippen LogP contribution >= 0.6 is 27.3 Å². The van der Waals surface area contributed by atoms with Gasteiger partial charge in [-0.2, -0.15) is 13.9 Å². The minimum atomic E-state index is -1.98. The molecule has 28 heavy (non-hydrogen) atoms. The SMILES string of the molecule is Cc1cc(Br)sc1Cn1cnn(CC(CNC(=O)OC(C)(C)C)=C(F)F)c1=O. The van der Waals surface area contributed by atoms with Crippen LogP contribution in [0, 0.1) is 6.92 Å². The Kier molecular flexibility index (Phi) is 7.16. The normalized spacial score (nSPS) is 11.4. The van der Waals surface area contributed by atoms with Gasteiger partial charge in [-0.1, -0.05) is 0 Å². The highest BCUT2D eigenvalue weighted by Gasteiger charge is 2.18. The van der Waals surface area contributed by atoms with Gasteiger partial charge in [0.05, 0.1) is 16.9 Å². The van der Waals surface area contributed by atoms with Gasteiger partial charge in [-0.25, -0.2) is 14.3 Å². The third-order valence-electron chi connectivity index (χ3n) is 3.55. The van der Waals surface area contributed by atoms with Crippen molar-refractivity contribution < 1.29 is 18.3 Å². The number of nitrogens with zero attached hydrogens (tertiary/aromatic N) is 3. The second-order valence-corrected chi connectivity index (χ2v) is 9.59. The molecule has 0 atom stereocenters. The summed E-state index contributed by atoms with van der Waals surface area (Å²) in [4.78, 5) is 25.1. The summed E-state index contributed by atoms with van der Waals surface area (Å²) in [5, 5.41) is 6.17. The smallest absolute Gasteiger partial charge is 0.407 e. The number of rotatable bonds is 6. The number of ether oxygens (including phenoxy) is 1. The van der Waals surface area contributed by atoms with E-state index in [1.165, 1.54) is 22.2 Å². The molecule has 0 saturated carbocycles. The maximum Gasteiger partial charge on any atom is 0.407 e. The Balaban J connectivity index is 2.07. The number of nitrogens with one attached hydrogen (secondary N) is 1. The molecule has 7 nitrogen and oxygen atoms in total. The minimum absolute atomic E-state index is 0.300. The summed E-state index contributed by atoms with van der Waals surface area (Å²) >= 11 is 4.88. The zero-order valence-corrected chi connectivity index (χ0v) is 18.3. The Morgan fingerprint density at radius 2 is 2.07 bits per heavy atom. The van der Waals surface area contributed by atoms with Gasteiger partial charge in [0.25, 0.3) is 6.08 Å². The lowest BCUT2D eigenvalue weighted by atomic mass is 10.2. The van der Waals surface area contributed by atoms with Gasteiger partial charge in [-0.05, 0) is 55.3 Å². The quantitative estimate of drug-likeness (QED) is 0.682. The van der Waals surface area contributed by atoms with Crippen LogP contribution in [0.25, 0.3) is 0 Å². The first kappa shape index (κ1) is 22.3. The molecule has 0 spiro atoms. The first-order valence-electron chi connectivity index (χ1n) is 8.33. The molecule has 1 N–H and O–H groups in total. The highest BCUT2D eigenvalue weighted by Crippen LogP contribution is 2.26. The van der Waals surface area contributed by atoms with Gasteiger partial charge in [0.15, 0.2) is 0 Å². The minimum Gasteiger partial charge on any atom is -0.444 e. The largest absolute Gasteiger partial charge is 0.444 e. The van der Waals surface area contributed by atoms with Crippen LogP contribution in [-0.4, -0.2) is 32.6 Å². The van der Waals surface area contributed by atoms with Crippen molar-refractivity contribution in [2.45, 2.75) is 46.4 Å². The van der Waals surface area contributed by atoms with Crippen LogP contribution in [0.15, 0.2) is 32.6 Å². The molecule has 0 fully saturated rings. The maximum atomic E-state index is 13.2. The van der Waals surface area contributed by atoms with Crippen LogP contribution in [0.1, 0.15) is 31.2 Å². The lowest BCUT2D eigenvalue weighted by molar-refractivity contribution is 0.0531. The predicted molar refractivity (Wildman–Crippen MR) is 106 cm³/mol. The lowest BCUT2D eigenvalue weighted by Crippen LogP contribution is -2.35. The summed E-state index contributed by atoms with van der Waals surface area (Å²) in [6.07, 6.45) is -1.48. The Bertz CT molecular complexity index is 939. The average molecular weight is 479 g/mol. The number of aromatic nitrogens is 3. The van der Waals surface area contributed by atoms with Gasteiger partial charge in [0.2, 0.25) is 0 Å². The number of thiophene rings is 1. The molecule has 0 bridgehead atoms. The standard InChI is InChI=1S/C17H21BrF2N4O3S/c1-10-5-13(18)28-12(10)8-23-9-22-24(16(23)26)7-11(14(19)20)6-21-15(25)27-17(2,3)4/h5,9H,6-8H2,1-4H3,(H,21,25). The van der Waals surface area contributed by atoms with E-state index in [4.69, 9.17) is 4.74 Å². The number of aryl methyl sites for hydroxylation is 1. The first-order chi connectivity index (χ1) is 13.0. The Morgan fingerprint density at radius 3 is 2.61 bits per heavy atom. The molecular weight excluding hydrogens is 458 g/mol. The van der Waals surface area contributed by atoms with Crippen molar-refractivity contribution in [3.8, 4) is 0 Å². The Morgan fingerprint density at radius 1 is 1.39 bits per heavy atom. The molecule has 2 aromatic rings. The van der Waals surface area contributed by atoms with E-state index in [0.29, 0.717) is 6.54 Å². The van der Waals surface area contributed by atoms with Crippen LogP contribution in [0.4, 0.5) is 13.6 Å². The molecule has 11 heteroatoms. The molecule has 2 heterocycles. The summed E-state index contributed by atoms with van der Waals surface area (Å²) in [5.41, 5.74) is -0.658. The van der Waals surface area contributed by atoms with Crippen molar-refractivity contribution >= 4 is 33.4 Å². The van der Waals surface area contributed by atoms with Gasteiger partial charge in [-0.3, -0.25) is 4.57 Å². The van der Waals surface area contributed by atoms with E-state index in [9.17, 15) is 18.4 Å². The number of hydrogen-bond acceptors (Lipinski definition) is 5.